The number of carbonyl (C=O) groups excluding carboxylic acids is 1. The number of carbonyl (C=O) groups is 1. The monoisotopic (exact) mass is 247 g/mol. The lowest BCUT2D eigenvalue weighted by atomic mass is 9.87. The quantitative estimate of drug-likeness (QED) is 0.751. The summed E-state index contributed by atoms with van der Waals surface area (Å²) in [5.41, 5.74) is 0.479. The molecule has 2 N–H and O–H groups in total. The van der Waals surface area contributed by atoms with Gasteiger partial charge in [-0.15, -0.1) is 12.4 Å². The Morgan fingerprint density at radius 2 is 2.31 bits per heavy atom. The van der Waals surface area contributed by atoms with E-state index in [2.05, 4.69) is 15.5 Å². The summed E-state index contributed by atoms with van der Waals surface area (Å²) in [4.78, 5) is 13.7. The summed E-state index contributed by atoms with van der Waals surface area (Å²) >= 11 is 0. The van der Waals surface area contributed by atoms with Gasteiger partial charge >= 0.3 is 0 Å². The number of amides is 1. The van der Waals surface area contributed by atoms with Gasteiger partial charge < -0.3 is 10.6 Å². The van der Waals surface area contributed by atoms with Crippen molar-refractivity contribution in [2.24, 2.45) is 5.41 Å². The highest BCUT2D eigenvalue weighted by atomic mass is 35.5. The predicted octanol–water partition coefficient (Wildman–Crippen LogP) is 0.230. The van der Waals surface area contributed by atoms with Crippen LogP contribution in [0.15, 0.2) is 0 Å². The van der Waals surface area contributed by atoms with E-state index in [4.69, 9.17) is 0 Å². The van der Waals surface area contributed by atoms with E-state index in [0.717, 1.165) is 32.7 Å². The molecular weight excluding hydrogens is 226 g/mol. The molecule has 0 aromatic carbocycles. The highest BCUT2D eigenvalue weighted by Gasteiger charge is 2.40. The second kappa shape index (κ2) is 5.84. The third-order valence-corrected chi connectivity index (χ3v) is 3.59. The molecule has 0 radical (unpaired) electrons. The average molecular weight is 248 g/mol. The molecule has 94 valence electrons. The number of hydrogen-bond donors (Lipinski definition) is 2. The first kappa shape index (κ1) is 13.7. The van der Waals surface area contributed by atoms with Crippen LogP contribution in [0.25, 0.3) is 0 Å². The third kappa shape index (κ3) is 3.09. The van der Waals surface area contributed by atoms with E-state index in [1.54, 1.807) is 0 Å². The van der Waals surface area contributed by atoms with Crippen molar-refractivity contribution in [2.45, 2.75) is 19.8 Å². The molecule has 2 fully saturated rings. The zero-order chi connectivity index (χ0) is 10.7. The molecule has 2 rings (SSSR count). The van der Waals surface area contributed by atoms with E-state index in [1.165, 1.54) is 12.8 Å². The molecule has 0 aliphatic carbocycles. The molecule has 4 nitrogen and oxygen atoms in total. The minimum Gasteiger partial charge on any atom is -0.355 e. The van der Waals surface area contributed by atoms with Crippen LogP contribution in [0.5, 0.6) is 0 Å². The van der Waals surface area contributed by atoms with E-state index in [-0.39, 0.29) is 18.3 Å². The van der Waals surface area contributed by atoms with Crippen molar-refractivity contribution in [2.75, 3.05) is 39.3 Å². The van der Waals surface area contributed by atoms with Gasteiger partial charge in [-0.05, 0) is 38.3 Å². The summed E-state index contributed by atoms with van der Waals surface area (Å²) in [5.74, 6) is 0.167. The van der Waals surface area contributed by atoms with Crippen LogP contribution in [0.3, 0.4) is 0 Å². The van der Waals surface area contributed by atoms with E-state index >= 15 is 0 Å². The van der Waals surface area contributed by atoms with Gasteiger partial charge in [-0.3, -0.25) is 9.69 Å². The Morgan fingerprint density at radius 1 is 1.50 bits per heavy atom. The Bertz CT molecular complexity index is 241. The summed E-state index contributed by atoms with van der Waals surface area (Å²) in [6.07, 6.45) is 2.53. The van der Waals surface area contributed by atoms with Crippen molar-refractivity contribution >= 4 is 18.3 Å². The van der Waals surface area contributed by atoms with Gasteiger partial charge in [-0.1, -0.05) is 0 Å². The number of likely N-dealkylation sites (N-methyl/N-ethyl adjacent to an activating group) is 1. The van der Waals surface area contributed by atoms with Crippen LogP contribution in [-0.2, 0) is 4.79 Å². The molecule has 2 heterocycles. The molecule has 1 unspecified atom stereocenters. The second-order valence-electron chi connectivity index (χ2n) is 4.84. The topological polar surface area (TPSA) is 44.4 Å². The number of nitrogens with zero attached hydrogens (tertiary/aromatic N) is 1. The van der Waals surface area contributed by atoms with Gasteiger partial charge in [-0.2, -0.15) is 0 Å². The van der Waals surface area contributed by atoms with Gasteiger partial charge in [-0.25, -0.2) is 0 Å². The largest absolute Gasteiger partial charge is 0.355 e. The smallest absolute Gasteiger partial charge is 0.234 e. The van der Waals surface area contributed by atoms with Crippen molar-refractivity contribution in [1.82, 2.24) is 15.5 Å². The van der Waals surface area contributed by atoms with E-state index in [0.29, 0.717) is 12.0 Å². The summed E-state index contributed by atoms with van der Waals surface area (Å²) in [7, 11) is 0. The number of likely N-dealkylation sites (tertiary alicyclic amines) is 1. The molecule has 2 saturated heterocycles. The Hall–Kier alpha value is -0.320. The molecule has 5 heteroatoms. The first-order valence-corrected chi connectivity index (χ1v) is 5.94. The van der Waals surface area contributed by atoms with Crippen molar-refractivity contribution in [3.8, 4) is 0 Å². The normalized spacial score (nSPS) is 29.3. The minimum absolute atomic E-state index is 0. The van der Waals surface area contributed by atoms with Gasteiger partial charge in [0.05, 0.1) is 6.54 Å². The Labute approximate surface area is 104 Å². The van der Waals surface area contributed by atoms with Gasteiger partial charge in [0.25, 0.3) is 0 Å². The van der Waals surface area contributed by atoms with Crippen molar-refractivity contribution in [1.29, 1.82) is 0 Å². The fourth-order valence-electron chi connectivity index (χ4n) is 2.76. The maximum absolute atomic E-state index is 11.4. The SMILES string of the molecule is CCNC(=O)CN1CCC2(CCNC2)C1.Cl. The van der Waals surface area contributed by atoms with Crippen LogP contribution in [0.4, 0.5) is 0 Å². The van der Waals surface area contributed by atoms with Crippen LogP contribution < -0.4 is 10.6 Å². The average Bonchev–Trinajstić information content (AvgIpc) is 2.79. The molecule has 1 amide bonds. The maximum atomic E-state index is 11.4. The molecule has 0 aromatic rings. The van der Waals surface area contributed by atoms with Crippen LogP contribution in [0, 0.1) is 5.41 Å². The number of nitrogens with one attached hydrogen (secondary N) is 2. The molecule has 1 spiro atoms. The van der Waals surface area contributed by atoms with E-state index in [9.17, 15) is 4.79 Å². The predicted molar refractivity (Wildman–Crippen MR) is 66.9 cm³/mol. The van der Waals surface area contributed by atoms with Crippen LogP contribution in [-0.4, -0.2) is 50.1 Å². The molecule has 2 aliphatic rings. The van der Waals surface area contributed by atoms with Crippen LogP contribution in [0.1, 0.15) is 19.8 Å². The summed E-state index contributed by atoms with van der Waals surface area (Å²) in [5, 5.41) is 6.28. The van der Waals surface area contributed by atoms with Gasteiger partial charge in [0.2, 0.25) is 5.91 Å². The van der Waals surface area contributed by atoms with Gasteiger partial charge in [0, 0.05) is 19.6 Å². The number of hydrogen-bond acceptors (Lipinski definition) is 3. The lowest BCUT2D eigenvalue weighted by molar-refractivity contribution is -0.121. The minimum atomic E-state index is 0. The van der Waals surface area contributed by atoms with Crippen molar-refractivity contribution in [3.05, 3.63) is 0 Å². The fraction of sp³-hybridized carbons (Fsp3) is 0.909. The summed E-state index contributed by atoms with van der Waals surface area (Å²) in [6, 6.07) is 0. The second-order valence-corrected chi connectivity index (χ2v) is 4.84. The standard InChI is InChI=1S/C11H21N3O.ClH/c1-2-13-10(15)7-14-6-4-11(9-14)3-5-12-8-11;/h12H,2-9H2,1H3,(H,13,15);1H. The third-order valence-electron chi connectivity index (χ3n) is 3.59. The number of rotatable bonds is 3. The molecule has 16 heavy (non-hydrogen) atoms. The Balaban J connectivity index is 0.00000128. The maximum Gasteiger partial charge on any atom is 0.234 e. The molecule has 1 atom stereocenters. The summed E-state index contributed by atoms with van der Waals surface area (Å²) < 4.78 is 0. The molecular formula is C11H22ClN3O. The van der Waals surface area contributed by atoms with Gasteiger partial charge in [0.15, 0.2) is 0 Å². The lowest BCUT2D eigenvalue weighted by Gasteiger charge is -2.22. The zero-order valence-electron chi connectivity index (χ0n) is 9.92. The van der Waals surface area contributed by atoms with E-state index < -0.39 is 0 Å². The highest BCUT2D eigenvalue weighted by molar-refractivity contribution is 5.85. The first-order chi connectivity index (χ1) is 7.24. The molecule has 0 aromatic heterocycles. The van der Waals surface area contributed by atoms with E-state index in [1.807, 2.05) is 6.92 Å². The lowest BCUT2D eigenvalue weighted by Crippen LogP contribution is -2.37. The Kier molecular flexibility index (Phi) is 5.02. The molecule has 0 saturated carbocycles. The zero-order valence-corrected chi connectivity index (χ0v) is 10.7. The molecule has 2 aliphatic heterocycles. The fourth-order valence-corrected chi connectivity index (χ4v) is 2.76. The Morgan fingerprint density at radius 3 is 2.94 bits per heavy atom. The van der Waals surface area contributed by atoms with Crippen LogP contribution in [0.2, 0.25) is 0 Å². The van der Waals surface area contributed by atoms with Gasteiger partial charge in [0.1, 0.15) is 0 Å². The summed E-state index contributed by atoms with van der Waals surface area (Å²) in [6.45, 7) is 7.74. The first-order valence-electron chi connectivity index (χ1n) is 5.94. The van der Waals surface area contributed by atoms with Crippen molar-refractivity contribution < 1.29 is 4.79 Å². The van der Waals surface area contributed by atoms with Crippen molar-refractivity contribution in [3.63, 3.8) is 0 Å². The van der Waals surface area contributed by atoms with Crippen LogP contribution >= 0.6 is 12.4 Å². The molecule has 0 bridgehead atoms. The highest BCUT2D eigenvalue weighted by Crippen LogP contribution is 2.35. The number of halogens is 1.